The molecule has 1 aromatic rings. The molecule has 1 N–H and O–H groups in total. The monoisotopic (exact) mass is 321 g/mol. The normalized spacial score (nSPS) is 12.2. The summed E-state index contributed by atoms with van der Waals surface area (Å²) in [6.45, 7) is 2.10. The van der Waals surface area contributed by atoms with Crippen LogP contribution in [-0.4, -0.2) is 28.2 Å². The van der Waals surface area contributed by atoms with Gasteiger partial charge in [-0.05, 0) is 18.2 Å². The summed E-state index contributed by atoms with van der Waals surface area (Å²) < 4.78 is 25.1. The third-order valence-electron chi connectivity index (χ3n) is 2.11. The number of hydrogen-bond acceptors (Lipinski definition) is 2. The molecule has 0 spiro atoms. The average Bonchev–Trinajstić information content (AvgIpc) is 2.28. The Kier molecular flexibility index (Phi) is 5.77. The minimum Gasteiger partial charge on any atom is -0.351 e. The lowest BCUT2D eigenvalue weighted by Gasteiger charge is -2.05. The Morgan fingerprint density at radius 2 is 2.24 bits per heavy atom. The van der Waals surface area contributed by atoms with Crippen molar-refractivity contribution in [1.29, 1.82) is 0 Å². The standard InChI is InChI=1S/C11H13BrFNO2S/c1-2-17(16)6-5-14-11(15)9-4-3-8(12)7-10(9)13/h3-4,7H,2,5-6H2,1H3,(H,14,15). The molecule has 3 nitrogen and oxygen atoms in total. The van der Waals surface area contributed by atoms with Crippen LogP contribution in [0.4, 0.5) is 4.39 Å². The van der Waals surface area contributed by atoms with Crippen molar-refractivity contribution in [2.75, 3.05) is 18.1 Å². The van der Waals surface area contributed by atoms with Crippen LogP contribution in [0.1, 0.15) is 17.3 Å². The Hall–Kier alpha value is -0.750. The second-order valence-electron chi connectivity index (χ2n) is 3.31. The van der Waals surface area contributed by atoms with E-state index in [4.69, 9.17) is 0 Å². The Labute approximate surface area is 110 Å². The summed E-state index contributed by atoms with van der Waals surface area (Å²) in [5.41, 5.74) is -0.00418. The van der Waals surface area contributed by atoms with Gasteiger partial charge in [0.1, 0.15) is 5.82 Å². The summed E-state index contributed by atoms with van der Waals surface area (Å²) in [5.74, 6) is -0.111. The summed E-state index contributed by atoms with van der Waals surface area (Å²) in [6.07, 6.45) is 0. The van der Waals surface area contributed by atoms with Crippen LogP contribution >= 0.6 is 15.9 Å². The molecule has 0 bridgehead atoms. The third kappa shape index (κ3) is 4.55. The Balaban J connectivity index is 2.55. The lowest BCUT2D eigenvalue weighted by atomic mass is 10.2. The molecule has 1 atom stereocenters. The molecule has 1 amide bonds. The number of amides is 1. The van der Waals surface area contributed by atoms with Crippen molar-refractivity contribution in [2.24, 2.45) is 0 Å². The van der Waals surface area contributed by atoms with E-state index in [9.17, 15) is 13.4 Å². The molecule has 0 aliphatic heterocycles. The van der Waals surface area contributed by atoms with E-state index in [1.165, 1.54) is 12.1 Å². The van der Waals surface area contributed by atoms with Crippen LogP contribution < -0.4 is 5.32 Å². The van der Waals surface area contributed by atoms with Gasteiger partial charge < -0.3 is 5.32 Å². The van der Waals surface area contributed by atoms with Crippen LogP contribution in [-0.2, 0) is 10.8 Å². The zero-order valence-electron chi connectivity index (χ0n) is 9.33. The first-order valence-corrected chi connectivity index (χ1v) is 7.41. The summed E-state index contributed by atoms with van der Waals surface area (Å²) >= 11 is 3.11. The van der Waals surface area contributed by atoms with Gasteiger partial charge in [0, 0.05) is 33.3 Å². The molecule has 0 radical (unpaired) electrons. The largest absolute Gasteiger partial charge is 0.351 e. The Bertz CT molecular complexity index is 439. The van der Waals surface area contributed by atoms with Crippen molar-refractivity contribution in [1.82, 2.24) is 5.32 Å². The molecule has 1 aromatic carbocycles. The first-order valence-electron chi connectivity index (χ1n) is 5.12. The fourth-order valence-electron chi connectivity index (χ4n) is 1.19. The van der Waals surface area contributed by atoms with Gasteiger partial charge in [-0.2, -0.15) is 0 Å². The highest BCUT2D eigenvalue weighted by Crippen LogP contribution is 2.14. The van der Waals surface area contributed by atoms with Gasteiger partial charge in [-0.3, -0.25) is 9.00 Å². The molecule has 0 aliphatic carbocycles. The summed E-state index contributed by atoms with van der Waals surface area (Å²) in [4.78, 5) is 11.6. The minimum absolute atomic E-state index is 0.00418. The second-order valence-corrected chi connectivity index (χ2v) is 6.09. The van der Waals surface area contributed by atoms with Crippen LogP contribution in [0.3, 0.4) is 0 Å². The van der Waals surface area contributed by atoms with Gasteiger partial charge in [0.05, 0.1) is 5.56 Å². The van der Waals surface area contributed by atoms with Gasteiger partial charge in [0.2, 0.25) is 0 Å². The lowest BCUT2D eigenvalue weighted by molar-refractivity contribution is 0.0952. The molecule has 0 fully saturated rings. The average molecular weight is 322 g/mol. The second kappa shape index (κ2) is 6.86. The maximum absolute atomic E-state index is 13.4. The number of halogens is 2. The predicted molar refractivity (Wildman–Crippen MR) is 70.0 cm³/mol. The van der Waals surface area contributed by atoms with Gasteiger partial charge in [-0.25, -0.2) is 4.39 Å². The van der Waals surface area contributed by atoms with Gasteiger partial charge in [0.25, 0.3) is 5.91 Å². The zero-order valence-corrected chi connectivity index (χ0v) is 11.7. The molecule has 1 unspecified atom stereocenters. The quantitative estimate of drug-likeness (QED) is 0.902. The maximum Gasteiger partial charge on any atom is 0.254 e. The van der Waals surface area contributed by atoms with E-state index in [1.54, 1.807) is 6.07 Å². The van der Waals surface area contributed by atoms with E-state index < -0.39 is 22.5 Å². The van der Waals surface area contributed by atoms with E-state index in [-0.39, 0.29) is 12.1 Å². The molecular weight excluding hydrogens is 309 g/mol. The Morgan fingerprint density at radius 3 is 2.82 bits per heavy atom. The number of carbonyl (C=O) groups excluding carboxylic acids is 1. The SMILES string of the molecule is CCS(=O)CCNC(=O)c1ccc(Br)cc1F. The molecule has 0 aromatic heterocycles. The van der Waals surface area contributed by atoms with Gasteiger partial charge in [-0.1, -0.05) is 22.9 Å². The molecule has 17 heavy (non-hydrogen) atoms. The number of rotatable bonds is 5. The van der Waals surface area contributed by atoms with E-state index in [2.05, 4.69) is 21.2 Å². The fraction of sp³-hybridized carbons (Fsp3) is 0.364. The summed E-state index contributed by atoms with van der Waals surface area (Å²) in [5, 5.41) is 2.54. The van der Waals surface area contributed by atoms with Crippen molar-refractivity contribution in [2.45, 2.75) is 6.92 Å². The number of benzene rings is 1. The van der Waals surface area contributed by atoms with E-state index in [1.807, 2.05) is 6.92 Å². The minimum atomic E-state index is -0.925. The predicted octanol–water partition coefficient (Wildman–Crippen LogP) is 2.09. The molecule has 0 aliphatic rings. The van der Waals surface area contributed by atoms with Crippen molar-refractivity contribution < 1.29 is 13.4 Å². The first-order chi connectivity index (χ1) is 8.04. The number of nitrogens with one attached hydrogen (secondary N) is 1. The Morgan fingerprint density at radius 1 is 1.53 bits per heavy atom. The number of hydrogen-bond donors (Lipinski definition) is 1. The van der Waals surface area contributed by atoms with Gasteiger partial charge in [0.15, 0.2) is 0 Å². The molecule has 1 rings (SSSR count). The van der Waals surface area contributed by atoms with E-state index >= 15 is 0 Å². The molecule has 0 heterocycles. The molecule has 0 saturated heterocycles. The van der Waals surface area contributed by atoms with Crippen LogP contribution in [0, 0.1) is 5.82 Å². The zero-order chi connectivity index (χ0) is 12.8. The topological polar surface area (TPSA) is 46.2 Å². The number of carbonyl (C=O) groups is 1. The highest BCUT2D eigenvalue weighted by molar-refractivity contribution is 9.10. The third-order valence-corrected chi connectivity index (χ3v) is 3.91. The highest BCUT2D eigenvalue weighted by Gasteiger charge is 2.11. The molecule has 94 valence electrons. The first kappa shape index (κ1) is 14.3. The van der Waals surface area contributed by atoms with Crippen molar-refractivity contribution in [3.05, 3.63) is 34.1 Å². The smallest absolute Gasteiger partial charge is 0.254 e. The van der Waals surface area contributed by atoms with Crippen LogP contribution in [0.25, 0.3) is 0 Å². The highest BCUT2D eigenvalue weighted by atomic mass is 79.9. The lowest BCUT2D eigenvalue weighted by Crippen LogP contribution is -2.28. The fourth-order valence-corrected chi connectivity index (χ4v) is 2.14. The van der Waals surface area contributed by atoms with E-state index in [0.29, 0.717) is 16.0 Å². The van der Waals surface area contributed by atoms with Crippen molar-refractivity contribution >= 4 is 32.6 Å². The summed E-state index contributed by atoms with van der Waals surface area (Å²) in [6, 6.07) is 4.24. The van der Waals surface area contributed by atoms with Crippen molar-refractivity contribution in [3.63, 3.8) is 0 Å². The molecular formula is C11H13BrFNO2S. The maximum atomic E-state index is 13.4. The van der Waals surface area contributed by atoms with Crippen LogP contribution in [0.15, 0.2) is 22.7 Å². The summed E-state index contributed by atoms with van der Waals surface area (Å²) in [7, 11) is -0.925. The van der Waals surface area contributed by atoms with Gasteiger partial charge in [-0.15, -0.1) is 0 Å². The van der Waals surface area contributed by atoms with Gasteiger partial charge >= 0.3 is 0 Å². The van der Waals surface area contributed by atoms with Crippen LogP contribution in [0.5, 0.6) is 0 Å². The molecule has 6 heteroatoms. The van der Waals surface area contributed by atoms with E-state index in [0.717, 1.165) is 0 Å². The van der Waals surface area contributed by atoms with Crippen LogP contribution in [0.2, 0.25) is 0 Å². The molecule has 0 saturated carbocycles. The van der Waals surface area contributed by atoms with Crippen molar-refractivity contribution in [3.8, 4) is 0 Å².